The highest BCUT2D eigenvalue weighted by Crippen LogP contribution is 2.23. The second kappa shape index (κ2) is 4.85. The van der Waals surface area contributed by atoms with Gasteiger partial charge in [-0.2, -0.15) is 0 Å². The Morgan fingerprint density at radius 1 is 1.47 bits per heavy atom. The second-order valence-corrected chi connectivity index (χ2v) is 5.51. The maximum absolute atomic E-state index is 5.63. The molecule has 0 saturated carbocycles. The summed E-state index contributed by atoms with van der Waals surface area (Å²) in [6.45, 7) is 5.42. The zero-order valence-corrected chi connectivity index (χ0v) is 11.8. The zero-order valence-electron chi connectivity index (χ0n) is 11.8. The summed E-state index contributed by atoms with van der Waals surface area (Å²) in [5, 5.41) is 3.60. The molecule has 102 valence electrons. The number of nitrogens with zero attached hydrogens (tertiary/aromatic N) is 2. The van der Waals surface area contributed by atoms with Gasteiger partial charge in [0, 0.05) is 30.7 Å². The highest BCUT2D eigenvalue weighted by molar-refractivity contribution is 5.77. The molecule has 1 aliphatic heterocycles. The Balaban J connectivity index is 1.78. The minimum Gasteiger partial charge on any atom is -0.441 e. The Morgan fingerprint density at radius 2 is 2.32 bits per heavy atom. The predicted octanol–water partition coefficient (Wildman–Crippen LogP) is 2.89. The molecular weight excluding hydrogens is 238 g/mol. The summed E-state index contributed by atoms with van der Waals surface area (Å²) in [7, 11) is 2.18. The van der Waals surface area contributed by atoms with Crippen LogP contribution in [0.25, 0.3) is 11.1 Å². The number of rotatable bonds is 3. The predicted molar refractivity (Wildman–Crippen MR) is 77.5 cm³/mol. The van der Waals surface area contributed by atoms with E-state index in [9.17, 15) is 0 Å². The van der Waals surface area contributed by atoms with E-state index in [1.807, 2.05) is 6.07 Å². The quantitative estimate of drug-likeness (QED) is 0.920. The number of aryl methyl sites for hydroxylation is 1. The van der Waals surface area contributed by atoms with Crippen LogP contribution in [0.4, 0.5) is 5.69 Å². The van der Waals surface area contributed by atoms with E-state index in [-0.39, 0.29) is 0 Å². The van der Waals surface area contributed by atoms with Crippen LogP contribution < -0.4 is 5.32 Å². The van der Waals surface area contributed by atoms with Crippen molar-refractivity contribution in [3.63, 3.8) is 0 Å². The third-order valence-corrected chi connectivity index (χ3v) is 3.99. The number of hydrogen-bond donors (Lipinski definition) is 1. The topological polar surface area (TPSA) is 41.3 Å². The first kappa shape index (κ1) is 12.5. The number of anilines is 1. The Labute approximate surface area is 113 Å². The van der Waals surface area contributed by atoms with Gasteiger partial charge in [0.2, 0.25) is 0 Å². The molecule has 1 aromatic carbocycles. The van der Waals surface area contributed by atoms with Gasteiger partial charge in [0.1, 0.15) is 5.52 Å². The average molecular weight is 259 g/mol. The van der Waals surface area contributed by atoms with Gasteiger partial charge < -0.3 is 14.6 Å². The summed E-state index contributed by atoms with van der Waals surface area (Å²) in [4.78, 5) is 6.87. The summed E-state index contributed by atoms with van der Waals surface area (Å²) in [5.74, 6) is 0.807. The molecule has 1 N–H and O–H groups in total. The molecule has 0 radical (unpaired) electrons. The summed E-state index contributed by atoms with van der Waals surface area (Å²) in [6, 6.07) is 7.35. The minimum atomic E-state index is 0.523. The molecule has 4 heteroatoms. The van der Waals surface area contributed by atoms with Crippen LogP contribution >= 0.6 is 0 Å². The van der Waals surface area contributed by atoms with E-state index in [4.69, 9.17) is 4.42 Å². The second-order valence-electron chi connectivity index (χ2n) is 5.51. The minimum absolute atomic E-state index is 0.523. The molecule has 0 amide bonds. The molecule has 4 nitrogen and oxygen atoms in total. The van der Waals surface area contributed by atoms with Crippen LogP contribution in [0, 0.1) is 0 Å². The highest BCUT2D eigenvalue weighted by Gasteiger charge is 2.25. The Bertz CT molecular complexity index is 568. The number of benzene rings is 1. The third kappa shape index (κ3) is 2.45. The first-order valence-corrected chi connectivity index (χ1v) is 7.02. The van der Waals surface area contributed by atoms with Gasteiger partial charge in [-0.1, -0.05) is 6.92 Å². The monoisotopic (exact) mass is 259 g/mol. The van der Waals surface area contributed by atoms with E-state index in [1.165, 1.54) is 6.42 Å². The highest BCUT2D eigenvalue weighted by atomic mass is 16.3. The number of nitrogens with one attached hydrogen (secondary N) is 1. The number of likely N-dealkylation sites (tertiary alicyclic amines) is 1. The Hall–Kier alpha value is -1.55. The summed E-state index contributed by atoms with van der Waals surface area (Å²) < 4.78 is 5.63. The lowest BCUT2D eigenvalue weighted by Gasteiger charge is -2.14. The number of oxazole rings is 1. The molecule has 1 saturated heterocycles. The molecule has 2 unspecified atom stereocenters. The molecule has 19 heavy (non-hydrogen) atoms. The molecule has 3 rings (SSSR count). The van der Waals surface area contributed by atoms with Crippen molar-refractivity contribution in [1.29, 1.82) is 0 Å². The van der Waals surface area contributed by atoms with Crippen molar-refractivity contribution in [2.24, 2.45) is 0 Å². The zero-order chi connectivity index (χ0) is 13.4. The van der Waals surface area contributed by atoms with E-state index in [0.29, 0.717) is 12.1 Å². The van der Waals surface area contributed by atoms with Crippen LogP contribution in [0.1, 0.15) is 26.2 Å². The maximum atomic E-state index is 5.63. The van der Waals surface area contributed by atoms with Crippen molar-refractivity contribution in [2.75, 3.05) is 18.9 Å². The molecule has 1 aromatic heterocycles. The lowest BCUT2D eigenvalue weighted by Crippen LogP contribution is -2.24. The van der Waals surface area contributed by atoms with Gasteiger partial charge in [0.05, 0.1) is 0 Å². The van der Waals surface area contributed by atoms with Crippen LogP contribution in [-0.2, 0) is 6.42 Å². The van der Waals surface area contributed by atoms with E-state index < -0.39 is 0 Å². The summed E-state index contributed by atoms with van der Waals surface area (Å²) in [6.07, 6.45) is 2.02. The molecular formula is C15H21N3O. The normalized spacial score (nSPS) is 24.2. The fourth-order valence-electron chi connectivity index (χ4n) is 2.75. The number of likely N-dealkylation sites (N-methyl/N-ethyl adjacent to an activating group) is 1. The maximum Gasteiger partial charge on any atom is 0.195 e. The van der Waals surface area contributed by atoms with Crippen molar-refractivity contribution < 1.29 is 4.42 Å². The molecule has 2 atom stereocenters. The van der Waals surface area contributed by atoms with Crippen LogP contribution in [0.15, 0.2) is 22.6 Å². The van der Waals surface area contributed by atoms with Gasteiger partial charge >= 0.3 is 0 Å². The third-order valence-electron chi connectivity index (χ3n) is 3.99. The average Bonchev–Trinajstić information content (AvgIpc) is 2.93. The largest absolute Gasteiger partial charge is 0.441 e. The fraction of sp³-hybridized carbons (Fsp3) is 0.533. The molecule has 2 heterocycles. The van der Waals surface area contributed by atoms with Crippen LogP contribution in [0.3, 0.4) is 0 Å². The van der Waals surface area contributed by atoms with E-state index in [0.717, 1.165) is 35.6 Å². The molecule has 1 aliphatic rings. The molecule has 1 fully saturated rings. The number of fused-ring (bicyclic) bond motifs is 1. The first-order chi connectivity index (χ1) is 9.15. The van der Waals surface area contributed by atoms with Gasteiger partial charge in [-0.25, -0.2) is 4.98 Å². The van der Waals surface area contributed by atoms with Crippen molar-refractivity contribution in [1.82, 2.24) is 9.88 Å². The Morgan fingerprint density at radius 3 is 3.00 bits per heavy atom. The van der Waals surface area contributed by atoms with Crippen molar-refractivity contribution in [3.05, 3.63) is 24.1 Å². The summed E-state index contributed by atoms with van der Waals surface area (Å²) >= 11 is 0. The van der Waals surface area contributed by atoms with Crippen molar-refractivity contribution in [3.8, 4) is 0 Å². The SMILES string of the molecule is CCc1nc2cc(NC3CC(C)N(C)C3)ccc2o1. The van der Waals surface area contributed by atoms with Gasteiger partial charge in [-0.15, -0.1) is 0 Å². The molecule has 0 spiro atoms. The molecule has 0 aliphatic carbocycles. The van der Waals surface area contributed by atoms with E-state index >= 15 is 0 Å². The van der Waals surface area contributed by atoms with Crippen LogP contribution in [0.2, 0.25) is 0 Å². The molecule has 0 bridgehead atoms. The van der Waals surface area contributed by atoms with E-state index in [2.05, 4.69) is 48.2 Å². The standard InChI is InChI=1S/C15H21N3O/c1-4-15-17-13-8-11(5-6-14(13)19-15)16-12-7-10(2)18(3)9-12/h5-6,8,10,12,16H,4,7,9H2,1-3H3. The molecule has 2 aromatic rings. The first-order valence-electron chi connectivity index (χ1n) is 7.02. The smallest absolute Gasteiger partial charge is 0.195 e. The van der Waals surface area contributed by atoms with E-state index in [1.54, 1.807) is 0 Å². The lowest BCUT2D eigenvalue weighted by molar-refractivity contribution is 0.330. The fourth-order valence-corrected chi connectivity index (χ4v) is 2.75. The summed E-state index contributed by atoms with van der Waals surface area (Å²) in [5.41, 5.74) is 2.96. The number of hydrogen-bond acceptors (Lipinski definition) is 4. The van der Waals surface area contributed by atoms with Crippen LogP contribution in [-0.4, -0.2) is 35.6 Å². The van der Waals surface area contributed by atoms with Crippen molar-refractivity contribution >= 4 is 16.8 Å². The lowest BCUT2D eigenvalue weighted by atomic mass is 10.2. The van der Waals surface area contributed by atoms with Gasteiger partial charge in [-0.05, 0) is 38.6 Å². The number of aromatic nitrogens is 1. The van der Waals surface area contributed by atoms with Gasteiger partial charge in [0.25, 0.3) is 0 Å². The van der Waals surface area contributed by atoms with Gasteiger partial charge in [0.15, 0.2) is 11.5 Å². The van der Waals surface area contributed by atoms with Crippen LogP contribution in [0.5, 0.6) is 0 Å². The van der Waals surface area contributed by atoms with Gasteiger partial charge in [-0.3, -0.25) is 0 Å². The van der Waals surface area contributed by atoms with Crippen molar-refractivity contribution in [2.45, 2.75) is 38.8 Å². The Kier molecular flexibility index (Phi) is 3.19.